The molecule has 158 valence electrons. The minimum absolute atomic E-state index is 0.0735. The normalized spacial score (nSPS) is 22.4. The summed E-state index contributed by atoms with van der Waals surface area (Å²) in [6.45, 7) is 19.7. The lowest BCUT2D eigenvalue weighted by molar-refractivity contribution is -0.136. The molecule has 2 aliphatic heterocycles. The number of hydrogen-bond acceptors (Lipinski definition) is 2. The van der Waals surface area contributed by atoms with E-state index in [2.05, 4.69) is 61.1 Å². The van der Waals surface area contributed by atoms with E-state index in [0.717, 1.165) is 45.4 Å². The van der Waals surface area contributed by atoms with Crippen LogP contribution in [0.15, 0.2) is 72.5 Å². The van der Waals surface area contributed by atoms with Crippen molar-refractivity contribution in [2.24, 2.45) is 11.3 Å². The standard InChI is InChI=1S/C26H38N2O/c1-7-11-13-22(9-3)14-17-28-20-26(23(10-4)24(28)12-8-2)15-18-27(19-16-26)25(29)21(5)6/h7-13,21H,1-2,14-20H2,3-6H3/b13-11-,22-9+,23-10+,24-12+. The number of nitrogens with zero attached hydrogens (tertiary/aromatic N) is 2. The first-order valence-electron chi connectivity index (χ1n) is 10.9. The Hall–Kier alpha value is -2.29. The van der Waals surface area contributed by atoms with Crippen molar-refractivity contribution in [1.82, 2.24) is 9.80 Å². The van der Waals surface area contributed by atoms with Crippen molar-refractivity contribution in [2.45, 2.75) is 47.0 Å². The molecular formula is C26H38N2O. The second kappa shape index (κ2) is 10.5. The van der Waals surface area contributed by atoms with Gasteiger partial charge in [0.25, 0.3) is 0 Å². The number of rotatable bonds is 7. The van der Waals surface area contributed by atoms with Crippen molar-refractivity contribution in [2.75, 3.05) is 26.2 Å². The first-order chi connectivity index (χ1) is 13.9. The largest absolute Gasteiger partial charge is 0.370 e. The number of amides is 1. The van der Waals surface area contributed by atoms with E-state index < -0.39 is 0 Å². The highest BCUT2D eigenvalue weighted by Gasteiger charge is 2.46. The number of piperidine rings is 1. The number of carbonyl (C=O) groups is 1. The topological polar surface area (TPSA) is 23.6 Å². The zero-order valence-corrected chi connectivity index (χ0v) is 18.8. The lowest BCUT2D eigenvalue weighted by atomic mass is 9.73. The van der Waals surface area contributed by atoms with Crippen LogP contribution in [0.1, 0.15) is 47.0 Å². The van der Waals surface area contributed by atoms with Crippen LogP contribution in [-0.4, -0.2) is 41.9 Å². The second-order valence-corrected chi connectivity index (χ2v) is 8.38. The Balaban J connectivity index is 2.19. The zero-order chi connectivity index (χ0) is 21.4. The molecule has 0 N–H and O–H groups in total. The fourth-order valence-electron chi connectivity index (χ4n) is 4.67. The summed E-state index contributed by atoms with van der Waals surface area (Å²) in [5.41, 5.74) is 4.19. The number of likely N-dealkylation sites (tertiary alicyclic amines) is 2. The quantitative estimate of drug-likeness (QED) is 0.520. The van der Waals surface area contributed by atoms with Crippen LogP contribution in [0, 0.1) is 11.3 Å². The third-order valence-electron chi connectivity index (χ3n) is 6.26. The SMILES string of the molecule is C=C/C=C\C(=C/C)CCN1CC2(CCN(C(=O)C(C)C)CC2)C(=C/C)/C1=C\C=C. The molecule has 0 aromatic heterocycles. The molecule has 2 heterocycles. The van der Waals surface area contributed by atoms with E-state index in [1.54, 1.807) is 0 Å². The molecule has 1 amide bonds. The van der Waals surface area contributed by atoms with Crippen LogP contribution in [0.4, 0.5) is 0 Å². The van der Waals surface area contributed by atoms with Crippen LogP contribution in [0.5, 0.6) is 0 Å². The van der Waals surface area contributed by atoms with Gasteiger partial charge >= 0.3 is 0 Å². The van der Waals surface area contributed by atoms with E-state index in [1.807, 2.05) is 32.1 Å². The zero-order valence-electron chi connectivity index (χ0n) is 18.8. The minimum Gasteiger partial charge on any atom is -0.370 e. The Kier molecular flexibility index (Phi) is 8.31. The average molecular weight is 395 g/mol. The molecule has 2 rings (SSSR count). The maximum Gasteiger partial charge on any atom is 0.225 e. The number of hydrogen-bond donors (Lipinski definition) is 0. The maximum atomic E-state index is 12.4. The minimum atomic E-state index is 0.0735. The van der Waals surface area contributed by atoms with Gasteiger partial charge in [0.2, 0.25) is 5.91 Å². The summed E-state index contributed by atoms with van der Waals surface area (Å²) in [6, 6.07) is 0. The van der Waals surface area contributed by atoms with Crippen LogP contribution in [0.2, 0.25) is 0 Å². The van der Waals surface area contributed by atoms with Crippen molar-refractivity contribution >= 4 is 5.91 Å². The van der Waals surface area contributed by atoms with Gasteiger partial charge in [-0.1, -0.05) is 69.0 Å². The number of allylic oxidation sites excluding steroid dienone is 8. The predicted molar refractivity (Wildman–Crippen MR) is 124 cm³/mol. The molecule has 1 spiro atoms. The van der Waals surface area contributed by atoms with Crippen LogP contribution < -0.4 is 0 Å². The molecule has 2 aliphatic rings. The third kappa shape index (κ3) is 5.20. The van der Waals surface area contributed by atoms with Gasteiger partial charge in [-0.05, 0) is 44.8 Å². The molecule has 2 fully saturated rings. The third-order valence-corrected chi connectivity index (χ3v) is 6.26. The highest BCUT2D eigenvalue weighted by molar-refractivity contribution is 5.78. The molecule has 0 radical (unpaired) electrons. The van der Waals surface area contributed by atoms with Crippen LogP contribution in [-0.2, 0) is 4.79 Å². The molecule has 0 atom stereocenters. The molecule has 3 nitrogen and oxygen atoms in total. The first-order valence-corrected chi connectivity index (χ1v) is 10.9. The molecule has 0 saturated carbocycles. The Bertz CT molecular complexity index is 728. The lowest BCUT2D eigenvalue weighted by Crippen LogP contribution is -2.46. The average Bonchev–Trinajstić information content (AvgIpc) is 3.00. The van der Waals surface area contributed by atoms with Crippen LogP contribution in [0.3, 0.4) is 0 Å². The van der Waals surface area contributed by atoms with Gasteiger partial charge in [-0.15, -0.1) is 0 Å². The first kappa shape index (κ1) is 23.0. The van der Waals surface area contributed by atoms with Crippen LogP contribution >= 0.6 is 0 Å². The van der Waals surface area contributed by atoms with Crippen molar-refractivity contribution in [1.29, 1.82) is 0 Å². The molecule has 29 heavy (non-hydrogen) atoms. The van der Waals surface area contributed by atoms with Crippen molar-refractivity contribution < 1.29 is 4.79 Å². The van der Waals surface area contributed by atoms with E-state index in [1.165, 1.54) is 16.8 Å². The highest BCUT2D eigenvalue weighted by Crippen LogP contribution is 2.49. The van der Waals surface area contributed by atoms with Crippen molar-refractivity contribution in [3.63, 3.8) is 0 Å². The van der Waals surface area contributed by atoms with Crippen molar-refractivity contribution in [3.8, 4) is 0 Å². The highest BCUT2D eigenvalue weighted by atomic mass is 16.2. The van der Waals surface area contributed by atoms with Gasteiger partial charge in [-0.25, -0.2) is 0 Å². The molecule has 0 aromatic rings. The molecule has 3 heteroatoms. The summed E-state index contributed by atoms with van der Waals surface area (Å²) in [7, 11) is 0. The summed E-state index contributed by atoms with van der Waals surface area (Å²) in [5.74, 6) is 0.356. The smallest absolute Gasteiger partial charge is 0.225 e. The van der Waals surface area contributed by atoms with Gasteiger partial charge in [-0.3, -0.25) is 4.79 Å². The monoisotopic (exact) mass is 394 g/mol. The summed E-state index contributed by atoms with van der Waals surface area (Å²) >= 11 is 0. The van der Waals surface area contributed by atoms with Gasteiger partial charge in [-0.2, -0.15) is 0 Å². The Morgan fingerprint density at radius 3 is 2.38 bits per heavy atom. The van der Waals surface area contributed by atoms with E-state index in [-0.39, 0.29) is 17.2 Å². The van der Waals surface area contributed by atoms with Gasteiger partial charge in [0.1, 0.15) is 0 Å². The molecule has 0 aliphatic carbocycles. The summed E-state index contributed by atoms with van der Waals surface area (Å²) < 4.78 is 0. The fourth-order valence-corrected chi connectivity index (χ4v) is 4.67. The summed E-state index contributed by atoms with van der Waals surface area (Å²) in [5, 5.41) is 0. The van der Waals surface area contributed by atoms with E-state index in [4.69, 9.17) is 0 Å². The van der Waals surface area contributed by atoms with E-state index in [9.17, 15) is 4.79 Å². The molecule has 0 unspecified atom stereocenters. The van der Waals surface area contributed by atoms with E-state index in [0.29, 0.717) is 0 Å². The van der Waals surface area contributed by atoms with Crippen molar-refractivity contribution in [3.05, 3.63) is 72.5 Å². The maximum absolute atomic E-state index is 12.4. The number of carbonyl (C=O) groups excluding carboxylic acids is 1. The molecular weight excluding hydrogens is 356 g/mol. The van der Waals surface area contributed by atoms with Gasteiger partial charge in [0.15, 0.2) is 0 Å². The molecule has 0 bridgehead atoms. The fraction of sp³-hybridized carbons (Fsp3) is 0.500. The van der Waals surface area contributed by atoms with Gasteiger partial charge in [0.05, 0.1) is 0 Å². The van der Waals surface area contributed by atoms with E-state index >= 15 is 0 Å². The summed E-state index contributed by atoms with van der Waals surface area (Å²) in [6.07, 6.45) is 17.5. The Labute approximate surface area is 177 Å². The molecule has 2 saturated heterocycles. The summed E-state index contributed by atoms with van der Waals surface area (Å²) in [4.78, 5) is 17.0. The van der Waals surface area contributed by atoms with Crippen LogP contribution in [0.25, 0.3) is 0 Å². The lowest BCUT2D eigenvalue weighted by Gasteiger charge is -2.40. The van der Waals surface area contributed by atoms with Gasteiger partial charge in [0, 0.05) is 43.2 Å². The van der Waals surface area contributed by atoms with Gasteiger partial charge < -0.3 is 9.80 Å². The molecule has 0 aromatic carbocycles. The Morgan fingerprint density at radius 2 is 1.86 bits per heavy atom. The Morgan fingerprint density at radius 1 is 1.17 bits per heavy atom. The predicted octanol–water partition coefficient (Wildman–Crippen LogP) is 5.66. The second-order valence-electron chi connectivity index (χ2n) is 8.38.